The van der Waals surface area contributed by atoms with Crippen molar-refractivity contribution in [3.8, 4) is 5.75 Å². The van der Waals surface area contributed by atoms with E-state index in [1.165, 1.54) is 19.2 Å². The van der Waals surface area contributed by atoms with Crippen LogP contribution in [0, 0.1) is 0 Å². The number of carbonyl (C=O) groups excluding carboxylic acids is 1. The number of nitrogen functional groups attached to an aromatic ring is 1. The highest BCUT2D eigenvalue weighted by atomic mass is 16.5. The maximum absolute atomic E-state index is 12.9. The van der Waals surface area contributed by atoms with Crippen molar-refractivity contribution < 1.29 is 19.4 Å². The third-order valence-corrected chi connectivity index (χ3v) is 5.22. The molecule has 1 unspecified atom stereocenters. The second-order valence-electron chi connectivity index (χ2n) is 7.63. The standard InChI is InChI=1S/C25H21N5O4/c1-14-10-15-6-7-17(26)12-20(15)24(31)23(14)30-29-21-9-8-19(13-22(21)34-2)28-27-18-5-3-4-16(11-18)25(32)33/h3-13,23H,26H2,1-2H3,(H,32,33). The normalized spacial score (nSPS) is 15.4. The Bertz CT molecular complexity index is 1380. The number of hydrogen-bond acceptors (Lipinski definition) is 8. The Labute approximate surface area is 195 Å². The van der Waals surface area contributed by atoms with Crippen LogP contribution in [0.3, 0.4) is 0 Å². The van der Waals surface area contributed by atoms with E-state index in [1.807, 2.05) is 19.1 Å². The molecule has 1 aliphatic carbocycles. The second kappa shape index (κ2) is 9.45. The molecule has 0 aromatic heterocycles. The summed E-state index contributed by atoms with van der Waals surface area (Å²) in [6, 6.07) is 15.6. The molecule has 9 nitrogen and oxygen atoms in total. The predicted molar refractivity (Wildman–Crippen MR) is 128 cm³/mol. The summed E-state index contributed by atoms with van der Waals surface area (Å²) in [5, 5.41) is 25.8. The molecule has 3 aromatic rings. The van der Waals surface area contributed by atoms with Crippen molar-refractivity contribution >= 4 is 40.6 Å². The summed E-state index contributed by atoms with van der Waals surface area (Å²) < 4.78 is 5.40. The number of carboxylic acids is 1. The van der Waals surface area contributed by atoms with Crippen LogP contribution in [0.5, 0.6) is 5.75 Å². The minimum Gasteiger partial charge on any atom is -0.494 e. The van der Waals surface area contributed by atoms with Crippen LogP contribution in [0.2, 0.25) is 0 Å². The number of aromatic carboxylic acids is 1. The van der Waals surface area contributed by atoms with Crippen LogP contribution in [0.25, 0.3) is 6.08 Å². The van der Waals surface area contributed by atoms with Crippen LogP contribution in [0.1, 0.15) is 33.2 Å². The maximum atomic E-state index is 12.9. The van der Waals surface area contributed by atoms with Gasteiger partial charge in [0.15, 0.2) is 11.8 Å². The zero-order valence-corrected chi connectivity index (χ0v) is 18.5. The van der Waals surface area contributed by atoms with E-state index in [0.717, 1.165) is 11.1 Å². The van der Waals surface area contributed by atoms with Crippen LogP contribution in [0.15, 0.2) is 86.7 Å². The molecule has 0 heterocycles. The van der Waals surface area contributed by atoms with Crippen LogP contribution in [-0.2, 0) is 0 Å². The van der Waals surface area contributed by atoms with Crippen LogP contribution in [-0.4, -0.2) is 30.0 Å². The van der Waals surface area contributed by atoms with Crippen molar-refractivity contribution in [2.24, 2.45) is 20.5 Å². The smallest absolute Gasteiger partial charge is 0.335 e. The zero-order chi connectivity index (χ0) is 24.2. The molecular formula is C25H21N5O4. The van der Waals surface area contributed by atoms with E-state index in [4.69, 9.17) is 15.6 Å². The number of carboxylic acid groups (broad SMARTS) is 1. The summed E-state index contributed by atoms with van der Waals surface area (Å²) in [6.07, 6.45) is 1.90. The maximum Gasteiger partial charge on any atom is 0.335 e. The monoisotopic (exact) mass is 455 g/mol. The molecule has 170 valence electrons. The van der Waals surface area contributed by atoms with Gasteiger partial charge in [-0.15, -0.1) is 0 Å². The number of carbonyl (C=O) groups is 2. The van der Waals surface area contributed by atoms with Gasteiger partial charge < -0.3 is 15.6 Å². The minimum absolute atomic E-state index is 0.122. The fraction of sp³-hybridized carbons (Fsp3) is 0.120. The SMILES string of the molecule is COc1cc(N=Nc2cccc(C(=O)O)c2)ccc1N=NC1C(=O)c2cc(N)ccc2C=C1C. The fourth-order valence-corrected chi connectivity index (χ4v) is 3.48. The number of Topliss-reactive ketones (excluding diaryl/α,β-unsaturated/α-hetero) is 1. The first-order chi connectivity index (χ1) is 16.4. The summed E-state index contributed by atoms with van der Waals surface area (Å²) >= 11 is 0. The first-order valence-corrected chi connectivity index (χ1v) is 10.3. The van der Waals surface area contributed by atoms with E-state index in [9.17, 15) is 9.59 Å². The van der Waals surface area contributed by atoms with Crippen molar-refractivity contribution in [1.29, 1.82) is 0 Å². The van der Waals surface area contributed by atoms with Crippen LogP contribution < -0.4 is 10.5 Å². The number of fused-ring (bicyclic) bond motifs is 1. The zero-order valence-electron chi connectivity index (χ0n) is 18.5. The Balaban J connectivity index is 1.56. The van der Waals surface area contributed by atoms with Gasteiger partial charge in [-0.1, -0.05) is 18.2 Å². The molecule has 9 heteroatoms. The van der Waals surface area contributed by atoms with Gasteiger partial charge in [-0.25, -0.2) is 4.79 Å². The number of nitrogens with two attached hydrogens (primary N) is 1. The highest BCUT2D eigenvalue weighted by molar-refractivity contribution is 6.08. The molecule has 4 rings (SSSR count). The first-order valence-electron chi connectivity index (χ1n) is 10.3. The molecular weight excluding hydrogens is 434 g/mol. The molecule has 0 amide bonds. The fourth-order valence-electron chi connectivity index (χ4n) is 3.48. The molecule has 0 radical (unpaired) electrons. The third-order valence-electron chi connectivity index (χ3n) is 5.22. The van der Waals surface area contributed by atoms with Crippen molar-refractivity contribution in [3.05, 3.63) is 82.9 Å². The number of azo groups is 2. The lowest BCUT2D eigenvalue weighted by atomic mass is 9.88. The number of hydrogen-bond donors (Lipinski definition) is 2. The number of rotatable bonds is 6. The van der Waals surface area contributed by atoms with Crippen molar-refractivity contribution in [2.45, 2.75) is 13.0 Å². The van der Waals surface area contributed by atoms with E-state index < -0.39 is 12.0 Å². The van der Waals surface area contributed by atoms with Gasteiger partial charge in [0.25, 0.3) is 0 Å². The summed E-state index contributed by atoms with van der Waals surface area (Å²) in [5.41, 5.74) is 9.88. The Hall–Kier alpha value is -4.66. The van der Waals surface area contributed by atoms with Crippen LogP contribution in [0.4, 0.5) is 22.7 Å². The van der Waals surface area contributed by atoms with E-state index in [1.54, 1.807) is 42.5 Å². The molecule has 0 spiro atoms. The predicted octanol–water partition coefficient (Wildman–Crippen LogP) is 6.14. The Morgan fingerprint density at radius 2 is 1.76 bits per heavy atom. The highest BCUT2D eigenvalue weighted by Crippen LogP contribution is 2.34. The lowest BCUT2D eigenvalue weighted by Gasteiger charge is -2.19. The molecule has 0 aliphatic heterocycles. The van der Waals surface area contributed by atoms with E-state index in [2.05, 4.69) is 20.5 Å². The molecule has 1 atom stereocenters. The second-order valence-corrected chi connectivity index (χ2v) is 7.63. The van der Waals surface area contributed by atoms with Gasteiger partial charge in [-0.2, -0.15) is 20.5 Å². The summed E-state index contributed by atoms with van der Waals surface area (Å²) in [7, 11) is 1.49. The van der Waals surface area contributed by atoms with E-state index >= 15 is 0 Å². The third kappa shape index (κ3) is 4.73. The summed E-state index contributed by atoms with van der Waals surface area (Å²) in [4.78, 5) is 24.1. The van der Waals surface area contributed by atoms with Gasteiger partial charge >= 0.3 is 5.97 Å². The number of ether oxygens (including phenoxy) is 1. The van der Waals surface area contributed by atoms with Crippen molar-refractivity contribution in [2.75, 3.05) is 12.8 Å². The molecule has 1 aliphatic rings. The number of benzene rings is 3. The Morgan fingerprint density at radius 1 is 1.00 bits per heavy atom. The van der Waals surface area contributed by atoms with Gasteiger partial charge in [-0.05, 0) is 60.5 Å². The summed E-state index contributed by atoms with van der Waals surface area (Å²) in [5.74, 6) is -0.810. The number of anilines is 1. The average molecular weight is 455 g/mol. The van der Waals surface area contributed by atoms with Gasteiger partial charge in [0.1, 0.15) is 11.4 Å². The molecule has 3 N–H and O–H groups in total. The first kappa shape index (κ1) is 22.5. The van der Waals surface area contributed by atoms with Gasteiger partial charge in [0, 0.05) is 17.3 Å². The van der Waals surface area contributed by atoms with E-state index in [-0.39, 0.29) is 11.3 Å². The lowest BCUT2D eigenvalue weighted by molar-refractivity contribution is 0.0696. The van der Waals surface area contributed by atoms with Gasteiger partial charge in [0.05, 0.1) is 24.0 Å². The van der Waals surface area contributed by atoms with Gasteiger partial charge in [-0.3, -0.25) is 4.79 Å². The van der Waals surface area contributed by atoms with E-state index in [0.29, 0.717) is 34.1 Å². The van der Waals surface area contributed by atoms with Crippen LogP contribution >= 0.6 is 0 Å². The minimum atomic E-state index is -1.04. The highest BCUT2D eigenvalue weighted by Gasteiger charge is 2.28. The Kier molecular flexibility index (Phi) is 6.26. The number of nitrogens with zero attached hydrogens (tertiary/aromatic N) is 4. The molecule has 0 fully saturated rings. The topological polar surface area (TPSA) is 139 Å². The van der Waals surface area contributed by atoms with Crippen molar-refractivity contribution in [3.63, 3.8) is 0 Å². The molecule has 0 saturated carbocycles. The van der Waals surface area contributed by atoms with Crippen molar-refractivity contribution in [1.82, 2.24) is 0 Å². The Morgan fingerprint density at radius 3 is 2.50 bits per heavy atom. The quantitative estimate of drug-likeness (QED) is 0.339. The average Bonchev–Trinajstić information content (AvgIpc) is 2.83. The number of ketones is 1. The summed E-state index contributed by atoms with van der Waals surface area (Å²) in [6.45, 7) is 1.83. The largest absolute Gasteiger partial charge is 0.494 e. The van der Waals surface area contributed by atoms with Gasteiger partial charge in [0.2, 0.25) is 0 Å². The molecule has 3 aromatic carbocycles. The molecule has 0 saturated heterocycles. The molecule has 34 heavy (non-hydrogen) atoms. The molecule has 0 bridgehead atoms. The lowest BCUT2D eigenvalue weighted by Crippen LogP contribution is -2.24. The number of methoxy groups -OCH3 is 1.